The molecule has 0 aliphatic rings. The molecule has 0 saturated heterocycles. The average molecular weight is 296 g/mol. The summed E-state index contributed by atoms with van der Waals surface area (Å²) in [6, 6.07) is 5.61. The molecule has 0 aromatic heterocycles. The monoisotopic (exact) mass is 296 g/mol. The fourth-order valence-corrected chi connectivity index (χ4v) is 1.72. The number of carbonyl (C=O) groups excluding carboxylic acids is 1. The van der Waals surface area contributed by atoms with Gasteiger partial charge in [-0.25, -0.2) is 10.2 Å². The van der Waals surface area contributed by atoms with Crippen LogP contribution >= 0.6 is 0 Å². The summed E-state index contributed by atoms with van der Waals surface area (Å²) in [5, 5.41) is 0. The number of benzene rings is 1. The van der Waals surface area contributed by atoms with Crippen LogP contribution in [0.4, 0.5) is 4.79 Å². The first-order chi connectivity index (χ1) is 9.87. The van der Waals surface area contributed by atoms with Crippen LogP contribution in [0.5, 0.6) is 11.5 Å². The Hall–Kier alpha value is -1.95. The van der Waals surface area contributed by atoms with Crippen molar-refractivity contribution in [2.75, 3.05) is 13.7 Å². The Labute approximate surface area is 125 Å². The molecular formula is C15H24N2O4. The van der Waals surface area contributed by atoms with Crippen LogP contribution in [0.2, 0.25) is 0 Å². The van der Waals surface area contributed by atoms with E-state index in [9.17, 15) is 4.79 Å². The maximum atomic E-state index is 11.5. The lowest BCUT2D eigenvalue weighted by molar-refractivity contribution is 0.0497. The van der Waals surface area contributed by atoms with E-state index in [-0.39, 0.29) is 0 Å². The first-order valence-corrected chi connectivity index (χ1v) is 6.88. The summed E-state index contributed by atoms with van der Waals surface area (Å²) < 4.78 is 16.0. The van der Waals surface area contributed by atoms with Gasteiger partial charge in [0.05, 0.1) is 13.7 Å². The fraction of sp³-hybridized carbons (Fsp3) is 0.533. The highest BCUT2D eigenvalue weighted by Gasteiger charge is 2.16. The van der Waals surface area contributed by atoms with Gasteiger partial charge in [-0.15, -0.1) is 0 Å². The summed E-state index contributed by atoms with van der Waals surface area (Å²) in [5.41, 5.74) is 5.64. The van der Waals surface area contributed by atoms with Gasteiger partial charge in [0, 0.05) is 12.1 Å². The third kappa shape index (κ3) is 5.91. The highest BCUT2D eigenvalue weighted by atomic mass is 16.6. The van der Waals surface area contributed by atoms with Crippen LogP contribution in [-0.4, -0.2) is 25.4 Å². The number of carbonyl (C=O) groups is 1. The topological polar surface area (TPSA) is 68.8 Å². The Balaban J connectivity index is 2.59. The highest BCUT2D eigenvalue weighted by Crippen LogP contribution is 2.30. The second-order valence-corrected chi connectivity index (χ2v) is 5.36. The van der Waals surface area contributed by atoms with Gasteiger partial charge in [-0.1, -0.05) is 12.1 Å². The quantitative estimate of drug-likeness (QED) is 0.790. The molecule has 21 heavy (non-hydrogen) atoms. The summed E-state index contributed by atoms with van der Waals surface area (Å²) in [4.78, 5) is 11.5. The normalized spacial score (nSPS) is 10.9. The molecule has 0 aliphatic carbocycles. The number of amides is 1. The zero-order valence-electron chi connectivity index (χ0n) is 13.3. The van der Waals surface area contributed by atoms with Crippen LogP contribution in [0.25, 0.3) is 0 Å². The Bertz CT molecular complexity index is 469. The first kappa shape index (κ1) is 17.1. The minimum atomic E-state index is -0.529. The van der Waals surface area contributed by atoms with Crippen LogP contribution in [0, 0.1) is 0 Å². The van der Waals surface area contributed by atoms with Gasteiger partial charge in [-0.3, -0.25) is 5.43 Å². The third-order valence-corrected chi connectivity index (χ3v) is 2.43. The van der Waals surface area contributed by atoms with E-state index in [0.29, 0.717) is 24.7 Å². The molecular weight excluding hydrogens is 272 g/mol. The number of rotatable bonds is 6. The van der Waals surface area contributed by atoms with Gasteiger partial charge < -0.3 is 14.2 Å². The molecule has 1 rings (SSSR count). The maximum absolute atomic E-state index is 11.5. The van der Waals surface area contributed by atoms with Gasteiger partial charge in [0.2, 0.25) is 0 Å². The van der Waals surface area contributed by atoms with E-state index in [4.69, 9.17) is 14.2 Å². The lowest BCUT2D eigenvalue weighted by Crippen LogP contribution is -2.40. The summed E-state index contributed by atoms with van der Waals surface area (Å²) in [5.74, 6) is 1.33. The molecule has 1 aromatic rings. The van der Waals surface area contributed by atoms with E-state index >= 15 is 0 Å². The minimum absolute atomic E-state index is 0.392. The zero-order valence-corrected chi connectivity index (χ0v) is 13.3. The molecule has 0 aliphatic heterocycles. The molecule has 0 radical (unpaired) electrons. The van der Waals surface area contributed by atoms with Gasteiger partial charge in [0.1, 0.15) is 5.60 Å². The SMILES string of the molecule is CCOc1cccc(CNNC(=O)OC(C)(C)C)c1OC. The van der Waals surface area contributed by atoms with Gasteiger partial charge >= 0.3 is 6.09 Å². The molecule has 6 heteroatoms. The van der Waals surface area contributed by atoms with Gasteiger partial charge in [0.15, 0.2) is 11.5 Å². The standard InChI is InChI=1S/C15H24N2O4/c1-6-20-12-9-7-8-11(13(12)19-5)10-16-17-14(18)21-15(2,3)4/h7-9,16H,6,10H2,1-5H3,(H,17,18). The second kappa shape index (κ2) is 7.73. The van der Waals surface area contributed by atoms with Crippen molar-refractivity contribution in [2.45, 2.75) is 39.8 Å². The zero-order chi connectivity index (χ0) is 15.9. The maximum Gasteiger partial charge on any atom is 0.422 e. The van der Waals surface area contributed by atoms with Crippen molar-refractivity contribution in [3.8, 4) is 11.5 Å². The lowest BCUT2D eigenvalue weighted by Gasteiger charge is -2.20. The molecule has 0 atom stereocenters. The van der Waals surface area contributed by atoms with Crippen molar-refractivity contribution < 1.29 is 19.0 Å². The smallest absolute Gasteiger partial charge is 0.422 e. The summed E-state index contributed by atoms with van der Waals surface area (Å²) in [6.45, 7) is 8.28. The van der Waals surface area contributed by atoms with Crippen molar-refractivity contribution in [3.63, 3.8) is 0 Å². The predicted molar refractivity (Wildman–Crippen MR) is 80.4 cm³/mol. The first-order valence-electron chi connectivity index (χ1n) is 6.88. The van der Waals surface area contributed by atoms with Gasteiger partial charge in [-0.2, -0.15) is 0 Å². The molecule has 2 N–H and O–H groups in total. The lowest BCUT2D eigenvalue weighted by atomic mass is 10.2. The molecule has 6 nitrogen and oxygen atoms in total. The van der Waals surface area contributed by atoms with Crippen LogP contribution in [-0.2, 0) is 11.3 Å². The van der Waals surface area contributed by atoms with E-state index < -0.39 is 11.7 Å². The third-order valence-electron chi connectivity index (χ3n) is 2.43. The van der Waals surface area contributed by atoms with Gasteiger partial charge in [0.25, 0.3) is 0 Å². The van der Waals surface area contributed by atoms with Crippen LogP contribution in [0.15, 0.2) is 18.2 Å². The summed E-state index contributed by atoms with van der Waals surface area (Å²) >= 11 is 0. The molecule has 0 bridgehead atoms. The van der Waals surface area contributed by atoms with E-state index in [0.717, 1.165) is 5.56 Å². The number of hydrogen-bond donors (Lipinski definition) is 2. The molecule has 1 aromatic carbocycles. The Kier molecular flexibility index (Phi) is 6.30. The number of methoxy groups -OCH3 is 1. The van der Waals surface area contributed by atoms with E-state index in [1.54, 1.807) is 27.9 Å². The number of para-hydroxylation sites is 1. The molecule has 1 amide bonds. The van der Waals surface area contributed by atoms with Crippen molar-refractivity contribution >= 4 is 6.09 Å². The van der Waals surface area contributed by atoms with Crippen molar-refractivity contribution in [1.29, 1.82) is 0 Å². The molecule has 0 heterocycles. The predicted octanol–water partition coefficient (Wildman–Crippen LogP) is 2.62. The van der Waals surface area contributed by atoms with Crippen molar-refractivity contribution in [3.05, 3.63) is 23.8 Å². The summed E-state index contributed by atoms with van der Waals surface area (Å²) in [6.07, 6.45) is -0.526. The van der Waals surface area contributed by atoms with Crippen molar-refractivity contribution in [2.24, 2.45) is 0 Å². The van der Waals surface area contributed by atoms with Crippen LogP contribution < -0.4 is 20.3 Å². The Morgan fingerprint density at radius 2 is 2.00 bits per heavy atom. The van der Waals surface area contributed by atoms with E-state index in [1.807, 2.05) is 25.1 Å². The molecule has 118 valence electrons. The molecule has 0 spiro atoms. The highest BCUT2D eigenvalue weighted by molar-refractivity contribution is 5.67. The number of nitrogens with one attached hydrogen (secondary N) is 2. The summed E-state index contributed by atoms with van der Waals surface area (Å²) in [7, 11) is 1.59. The Morgan fingerprint density at radius 3 is 2.57 bits per heavy atom. The average Bonchev–Trinajstić information content (AvgIpc) is 2.37. The van der Waals surface area contributed by atoms with Crippen molar-refractivity contribution in [1.82, 2.24) is 10.9 Å². The fourth-order valence-electron chi connectivity index (χ4n) is 1.72. The number of hydrogen-bond acceptors (Lipinski definition) is 5. The van der Waals surface area contributed by atoms with E-state index in [1.165, 1.54) is 0 Å². The minimum Gasteiger partial charge on any atom is -0.493 e. The number of ether oxygens (including phenoxy) is 3. The number of hydrazine groups is 1. The van der Waals surface area contributed by atoms with E-state index in [2.05, 4.69) is 10.9 Å². The van der Waals surface area contributed by atoms with Crippen LogP contribution in [0.1, 0.15) is 33.3 Å². The molecule has 0 unspecified atom stereocenters. The second-order valence-electron chi connectivity index (χ2n) is 5.36. The van der Waals surface area contributed by atoms with Gasteiger partial charge in [-0.05, 0) is 33.8 Å². The Morgan fingerprint density at radius 1 is 1.29 bits per heavy atom. The van der Waals surface area contributed by atoms with Crippen LogP contribution in [0.3, 0.4) is 0 Å². The molecule has 0 fully saturated rings. The largest absolute Gasteiger partial charge is 0.493 e. The molecule has 0 saturated carbocycles.